The molecule has 0 saturated carbocycles. The topological polar surface area (TPSA) is 73.1 Å². The molecule has 17 heavy (non-hydrogen) atoms. The highest BCUT2D eigenvalue weighted by atomic mass is 16.4. The Morgan fingerprint density at radius 3 is 2.71 bits per heavy atom. The number of carboxylic acids is 1. The molecule has 0 unspecified atom stereocenters. The molecule has 0 aromatic heterocycles. The number of nitrogens with one attached hydrogen (secondary N) is 1. The highest BCUT2D eigenvalue weighted by molar-refractivity contribution is 5.70. The third kappa shape index (κ3) is 3.49. The van der Waals surface area contributed by atoms with Gasteiger partial charge in [-0.2, -0.15) is 5.26 Å². The van der Waals surface area contributed by atoms with E-state index in [1.54, 1.807) is 19.9 Å². The molecule has 0 fully saturated rings. The summed E-state index contributed by atoms with van der Waals surface area (Å²) in [5, 5.41) is 21.0. The predicted molar refractivity (Wildman–Crippen MR) is 65.8 cm³/mol. The Morgan fingerprint density at radius 2 is 2.18 bits per heavy atom. The van der Waals surface area contributed by atoms with Crippen molar-refractivity contribution in [2.45, 2.75) is 32.7 Å². The summed E-state index contributed by atoms with van der Waals surface area (Å²) in [6, 6.07) is 7.51. The van der Waals surface area contributed by atoms with E-state index < -0.39 is 11.5 Å². The van der Waals surface area contributed by atoms with Crippen LogP contribution in [0, 0.1) is 18.3 Å². The third-order valence-electron chi connectivity index (χ3n) is 2.45. The van der Waals surface area contributed by atoms with Crippen LogP contribution in [0.4, 0.5) is 5.69 Å². The van der Waals surface area contributed by atoms with Gasteiger partial charge >= 0.3 is 5.97 Å². The zero-order chi connectivity index (χ0) is 13.1. The fraction of sp³-hybridized carbons (Fsp3) is 0.385. The van der Waals surface area contributed by atoms with E-state index in [1.165, 1.54) is 0 Å². The molecule has 0 aliphatic heterocycles. The van der Waals surface area contributed by atoms with Gasteiger partial charge in [-0.15, -0.1) is 0 Å². The molecule has 0 aliphatic carbocycles. The molecule has 0 aliphatic rings. The monoisotopic (exact) mass is 232 g/mol. The van der Waals surface area contributed by atoms with Crippen molar-refractivity contribution in [1.29, 1.82) is 5.26 Å². The SMILES string of the molecule is Cc1cccc(C#N)c1NC(C)(C)CC(=O)O. The lowest BCUT2D eigenvalue weighted by molar-refractivity contribution is -0.137. The van der Waals surface area contributed by atoms with Crippen LogP contribution in [0.5, 0.6) is 0 Å². The van der Waals surface area contributed by atoms with Gasteiger partial charge in [0.25, 0.3) is 0 Å². The number of rotatable bonds is 4. The zero-order valence-electron chi connectivity index (χ0n) is 10.2. The lowest BCUT2D eigenvalue weighted by Crippen LogP contribution is -2.34. The molecular formula is C13H16N2O2. The fourth-order valence-electron chi connectivity index (χ4n) is 1.69. The molecule has 1 aromatic rings. The molecule has 0 heterocycles. The van der Waals surface area contributed by atoms with E-state index in [0.29, 0.717) is 11.3 Å². The third-order valence-corrected chi connectivity index (χ3v) is 2.45. The number of anilines is 1. The molecule has 1 aromatic carbocycles. The summed E-state index contributed by atoms with van der Waals surface area (Å²) >= 11 is 0. The van der Waals surface area contributed by atoms with E-state index in [0.717, 1.165) is 5.56 Å². The minimum atomic E-state index is -0.866. The number of hydrogen-bond acceptors (Lipinski definition) is 3. The first-order chi connectivity index (χ1) is 7.85. The van der Waals surface area contributed by atoms with E-state index in [9.17, 15) is 4.79 Å². The van der Waals surface area contributed by atoms with Crippen LogP contribution in [0.25, 0.3) is 0 Å². The van der Waals surface area contributed by atoms with Crippen LogP contribution in [-0.4, -0.2) is 16.6 Å². The number of benzene rings is 1. The van der Waals surface area contributed by atoms with Gasteiger partial charge in [-0.25, -0.2) is 0 Å². The van der Waals surface area contributed by atoms with E-state index in [-0.39, 0.29) is 6.42 Å². The lowest BCUT2D eigenvalue weighted by Gasteiger charge is -2.27. The zero-order valence-corrected chi connectivity index (χ0v) is 10.2. The van der Waals surface area contributed by atoms with Gasteiger partial charge in [0.2, 0.25) is 0 Å². The quantitative estimate of drug-likeness (QED) is 0.836. The number of aliphatic carboxylic acids is 1. The standard InChI is InChI=1S/C13H16N2O2/c1-9-5-4-6-10(8-14)12(9)15-13(2,3)7-11(16)17/h4-6,15H,7H2,1-3H3,(H,16,17). The van der Waals surface area contributed by atoms with Gasteiger partial charge in [-0.05, 0) is 32.4 Å². The summed E-state index contributed by atoms with van der Waals surface area (Å²) < 4.78 is 0. The average Bonchev–Trinajstić information content (AvgIpc) is 2.18. The summed E-state index contributed by atoms with van der Waals surface area (Å²) in [7, 11) is 0. The van der Waals surface area contributed by atoms with Crippen LogP contribution in [0.2, 0.25) is 0 Å². The lowest BCUT2D eigenvalue weighted by atomic mass is 9.98. The molecular weight excluding hydrogens is 216 g/mol. The van der Waals surface area contributed by atoms with Crippen molar-refractivity contribution < 1.29 is 9.90 Å². The smallest absolute Gasteiger partial charge is 0.305 e. The van der Waals surface area contributed by atoms with Crippen LogP contribution in [-0.2, 0) is 4.79 Å². The van der Waals surface area contributed by atoms with Crippen molar-refractivity contribution in [3.8, 4) is 6.07 Å². The number of para-hydroxylation sites is 1. The van der Waals surface area contributed by atoms with Gasteiger partial charge in [0, 0.05) is 5.54 Å². The molecule has 0 bridgehead atoms. The van der Waals surface area contributed by atoms with Crippen LogP contribution in [0.15, 0.2) is 18.2 Å². The first-order valence-corrected chi connectivity index (χ1v) is 5.35. The number of carboxylic acid groups (broad SMARTS) is 1. The molecule has 0 radical (unpaired) electrons. The van der Waals surface area contributed by atoms with Crippen molar-refractivity contribution in [2.24, 2.45) is 0 Å². The molecule has 0 saturated heterocycles. The summed E-state index contributed by atoms with van der Waals surface area (Å²) in [5.74, 6) is -0.866. The maximum atomic E-state index is 10.7. The fourth-order valence-corrected chi connectivity index (χ4v) is 1.69. The van der Waals surface area contributed by atoms with Gasteiger partial charge in [-0.1, -0.05) is 12.1 Å². The Balaban J connectivity index is 3.03. The molecule has 1 rings (SSSR count). The van der Waals surface area contributed by atoms with Crippen LogP contribution < -0.4 is 5.32 Å². The Morgan fingerprint density at radius 1 is 1.53 bits per heavy atom. The van der Waals surface area contributed by atoms with Gasteiger partial charge in [0.1, 0.15) is 6.07 Å². The van der Waals surface area contributed by atoms with Crippen molar-refractivity contribution in [1.82, 2.24) is 0 Å². The Labute approximate surface area is 101 Å². The van der Waals surface area contributed by atoms with Crippen molar-refractivity contribution in [3.63, 3.8) is 0 Å². The predicted octanol–water partition coefficient (Wildman–Crippen LogP) is 2.53. The van der Waals surface area contributed by atoms with Crippen LogP contribution >= 0.6 is 0 Å². The molecule has 0 atom stereocenters. The van der Waals surface area contributed by atoms with Gasteiger partial charge < -0.3 is 10.4 Å². The Bertz CT molecular complexity index is 473. The number of nitrogens with zero attached hydrogens (tertiary/aromatic N) is 1. The van der Waals surface area contributed by atoms with E-state index in [2.05, 4.69) is 11.4 Å². The normalized spacial score (nSPS) is 10.7. The van der Waals surface area contributed by atoms with Crippen molar-refractivity contribution in [3.05, 3.63) is 29.3 Å². The number of carbonyl (C=O) groups is 1. The van der Waals surface area contributed by atoms with Crippen molar-refractivity contribution in [2.75, 3.05) is 5.32 Å². The van der Waals surface area contributed by atoms with E-state index in [4.69, 9.17) is 10.4 Å². The minimum absolute atomic E-state index is 0.00774. The summed E-state index contributed by atoms with van der Waals surface area (Å²) in [4.78, 5) is 10.7. The number of hydrogen-bond donors (Lipinski definition) is 2. The average molecular weight is 232 g/mol. The van der Waals surface area contributed by atoms with Gasteiger partial charge in [-0.3, -0.25) is 4.79 Å². The second-order valence-corrected chi connectivity index (χ2v) is 4.69. The molecule has 90 valence electrons. The second-order valence-electron chi connectivity index (χ2n) is 4.69. The largest absolute Gasteiger partial charge is 0.481 e. The molecule has 4 heteroatoms. The maximum Gasteiger partial charge on any atom is 0.305 e. The summed E-state index contributed by atoms with van der Waals surface area (Å²) in [6.45, 7) is 5.49. The number of nitriles is 1. The van der Waals surface area contributed by atoms with E-state index in [1.807, 2.05) is 19.1 Å². The maximum absolute atomic E-state index is 10.7. The number of aryl methyl sites for hydroxylation is 1. The summed E-state index contributed by atoms with van der Waals surface area (Å²) in [6.07, 6.45) is -0.00774. The molecule has 0 amide bonds. The second kappa shape index (κ2) is 4.88. The minimum Gasteiger partial charge on any atom is -0.481 e. The molecule has 0 spiro atoms. The van der Waals surface area contributed by atoms with Crippen LogP contribution in [0.1, 0.15) is 31.4 Å². The van der Waals surface area contributed by atoms with Crippen molar-refractivity contribution >= 4 is 11.7 Å². The Kier molecular flexibility index (Phi) is 3.74. The van der Waals surface area contributed by atoms with Crippen LogP contribution in [0.3, 0.4) is 0 Å². The van der Waals surface area contributed by atoms with Gasteiger partial charge in [0.15, 0.2) is 0 Å². The first-order valence-electron chi connectivity index (χ1n) is 5.35. The van der Waals surface area contributed by atoms with E-state index >= 15 is 0 Å². The first kappa shape index (κ1) is 13.0. The highest BCUT2D eigenvalue weighted by Gasteiger charge is 2.23. The molecule has 2 N–H and O–H groups in total. The Hall–Kier alpha value is -2.02. The highest BCUT2D eigenvalue weighted by Crippen LogP contribution is 2.25. The molecule has 4 nitrogen and oxygen atoms in total. The summed E-state index contributed by atoms with van der Waals surface area (Å²) in [5.41, 5.74) is 1.58. The van der Waals surface area contributed by atoms with Gasteiger partial charge in [0.05, 0.1) is 17.7 Å².